The van der Waals surface area contributed by atoms with E-state index < -0.39 is 0 Å². The van der Waals surface area contributed by atoms with E-state index >= 15 is 0 Å². The summed E-state index contributed by atoms with van der Waals surface area (Å²) in [6, 6.07) is 0. The van der Waals surface area contributed by atoms with E-state index in [1.165, 1.54) is 22.3 Å². The Bertz CT molecular complexity index is 41.6. The van der Waals surface area contributed by atoms with Crippen molar-refractivity contribution in [3.05, 3.63) is 0 Å². The molecule has 0 aromatic carbocycles. The van der Waals surface area contributed by atoms with Crippen molar-refractivity contribution in [1.29, 1.82) is 0 Å². The Balaban J connectivity index is 2.60. The summed E-state index contributed by atoms with van der Waals surface area (Å²) in [5.74, 6) is 1.32. The van der Waals surface area contributed by atoms with Gasteiger partial charge in [0.2, 0.25) is 0 Å². The Labute approximate surface area is 70.9 Å². The van der Waals surface area contributed by atoms with E-state index in [1.807, 2.05) is 35.3 Å². The quantitative estimate of drug-likeness (QED) is 0.457. The molecule has 0 rings (SSSR count). The molecule has 0 saturated carbocycles. The van der Waals surface area contributed by atoms with Crippen molar-refractivity contribution >= 4 is 35.3 Å². The van der Waals surface area contributed by atoms with Crippen LogP contribution in [-0.4, -0.2) is 22.2 Å². The predicted molar refractivity (Wildman–Crippen MR) is 53.6 cm³/mol. The molecule has 0 amide bonds. The van der Waals surface area contributed by atoms with Gasteiger partial charge in [-0.05, 0) is 18.4 Å². The van der Waals surface area contributed by atoms with Crippen molar-refractivity contribution in [2.24, 2.45) is 0 Å². The molecule has 9 heavy (non-hydrogen) atoms. The molecule has 0 N–H and O–H groups in total. The summed E-state index contributed by atoms with van der Waals surface area (Å²) >= 11 is 5.97. The van der Waals surface area contributed by atoms with Gasteiger partial charge in [-0.15, -0.1) is 11.8 Å². The lowest BCUT2D eigenvalue weighted by Gasteiger charge is -1.96. The Morgan fingerprint density at radius 3 is 2.44 bits per heavy atom. The molecule has 3 heteroatoms. The third kappa shape index (κ3) is 9.05. The van der Waals surface area contributed by atoms with E-state index in [4.69, 9.17) is 0 Å². The fraction of sp³-hybridized carbons (Fsp3) is 1.00. The number of hydrogen-bond acceptors (Lipinski definition) is 3. The average Bonchev–Trinajstić information content (AvgIpc) is 1.89. The Kier molecular flexibility index (Phi) is 10.1. The molecular formula is C6H14S3. The molecule has 0 aliphatic carbocycles. The largest absolute Gasteiger partial charge is 0.154 e. The zero-order valence-corrected chi connectivity index (χ0v) is 8.50. The Morgan fingerprint density at radius 2 is 1.89 bits per heavy atom. The smallest absolute Gasteiger partial charge is 0.0400 e. The maximum atomic E-state index is 2.23. The number of rotatable bonds is 6. The van der Waals surface area contributed by atoms with E-state index in [0.29, 0.717) is 0 Å². The van der Waals surface area contributed by atoms with E-state index in [-0.39, 0.29) is 0 Å². The van der Waals surface area contributed by atoms with Crippen LogP contribution < -0.4 is 0 Å². The fourth-order valence-electron chi connectivity index (χ4n) is 0.380. The van der Waals surface area contributed by atoms with Gasteiger partial charge in [-0.2, -0.15) is 23.5 Å². The highest BCUT2D eigenvalue weighted by Gasteiger charge is 1.85. The molecule has 0 unspecified atom stereocenters. The molecule has 0 saturated heterocycles. The lowest BCUT2D eigenvalue weighted by atomic mass is 10.6. The van der Waals surface area contributed by atoms with Gasteiger partial charge in [0.25, 0.3) is 0 Å². The van der Waals surface area contributed by atoms with Gasteiger partial charge in [-0.25, -0.2) is 0 Å². The molecule has 0 aliphatic heterocycles. The molecule has 0 radical (unpaired) electrons. The van der Waals surface area contributed by atoms with Crippen LogP contribution in [0.3, 0.4) is 0 Å². The van der Waals surface area contributed by atoms with Crippen molar-refractivity contribution in [1.82, 2.24) is 0 Å². The number of thioether (sulfide) groups is 3. The van der Waals surface area contributed by atoms with Crippen LogP contribution in [0.4, 0.5) is 0 Å². The molecular weight excluding hydrogens is 168 g/mol. The van der Waals surface area contributed by atoms with E-state index in [9.17, 15) is 0 Å². The lowest BCUT2D eigenvalue weighted by Crippen LogP contribution is -1.76. The van der Waals surface area contributed by atoms with Crippen LogP contribution in [0.15, 0.2) is 0 Å². The standard InChI is InChI=1S/C6H14S3/c1-3-4-8-6-9-5-7-2/h3-6H2,1-2H3. The second-order valence-electron chi connectivity index (χ2n) is 1.64. The lowest BCUT2D eigenvalue weighted by molar-refractivity contribution is 1.11. The van der Waals surface area contributed by atoms with Gasteiger partial charge in [0.1, 0.15) is 0 Å². The first-order valence-corrected chi connectivity index (χ1v) is 6.76. The zero-order chi connectivity index (χ0) is 6.95. The Hall–Kier alpha value is 1.05. The highest BCUT2D eigenvalue weighted by atomic mass is 32.2. The minimum absolute atomic E-state index is 1.25. The van der Waals surface area contributed by atoms with Crippen molar-refractivity contribution in [3.63, 3.8) is 0 Å². The van der Waals surface area contributed by atoms with Crippen LogP contribution >= 0.6 is 35.3 Å². The summed E-state index contributed by atoms with van der Waals surface area (Å²) in [6.45, 7) is 2.23. The second kappa shape index (κ2) is 9.05. The maximum Gasteiger partial charge on any atom is 0.0400 e. The summed E-state index contributed by atoms with van der Waals surface area (Å²) in [6.07, 6.45) is 3.46. The topological polar surface area (TPSA) is 0 Å². The maximum absolute atomic E-state index is 2.23. The van der Waals surface area contributed by atoms with Gasteiger partial charge in [0.15, 0.2) is 0 Å². The highest BCUT2D eigenvalue weighted by molar-refractivity contribution is 8.22. The van der Waals surface area contributed by atoms with Crippen LogP contribution in [0.5, 0.6) is 0 Å². The highest BCUT2D eigenvalue weighted by Crippen LogP contribution is 2.15. The third-order valence-electron chi connectivity index (χ3n) is 0.716. The summed E-state index contributed by atoms with van der Waals surface area (Å²) in [5.41, 5.74) is 0. The van der Waals surface area contributed by atoms with E-state index in [2.05, 4.69) is 13.2 Å². The van der Waals surface area contributed by atoms with E-state index in [1.54, 1.807) is 0 Å². The first-order chi connectivity index (χ1) is 4.41. The second-order valence-corrected chi connectivity index (χ2v) is 5.32. The molecule has 0 aliphatic rings. The summed E-state index contributed by atoms with van der Waals surface area (Å²) in [5, 5.41) is 2.52. The monoisotopic (exact) mass is 182 g/mol. The first-order valence-electron chi connectivity index (χ1n) is 3.06. The van der Waals surface area contributed by atoms with Gasteiger partial charge in [0.05, 0.1) is 0 Å². The summed E-state index contributed by atoms with van der Waals surface area (Å²) in [4.78, 5) is 0. The molecule has 0 fully saturated rings. The fourth-order valence-corrected chi connectivity index (χ4v) is 3.16. The van der Waals surface area contributed by atoms with Crippen molar-refractivity contribution < 1.29 is 0 Å². The van der Waals surface area contributed by atoms with E-state index in [0.717, 1.165) is 0 Å². The third-order valence-corrected chi connectivity index (χ3v) is 4.36. The Morgan fingerprint density at radius 1 is 1.11 bits per heavy atom. The van der Waals surface area contributed by atoms with Crippen LogP contribution in [0.2, 0.25) is 0 Å². The average molecular weight is 182 g/mol. The van der Waals surface area contributed by atoms with Crippen molar-refractivity contribution in [2.75, 3.05) is 22.2 Å². The van der Waals surface area contributed by atoms with Crippen LogP contribution in [-0.2, 0) is 0 Å². The van der Waals surface area contributed by atoms with Gasteiger partial charge in [-0.3, -0.25) is 0 Å². The van der Waals surface area contributed by atoms with Gasteiger partial charge >= 0.3 is 0 Å². The molecule has 56 valence electrons. The number of hydrogen-bond donors (Lipinski definition) is 0. The molecule has 0 aromatic heterocycles. The zero-order valence-electron chi connectivity index (χ0n) is 6.05. The minimum atomic E-state index is 1.25. The molecule has 0 spiro atoms. The van der Waals surface area contributed by atoms with Crippen LogP contribution in [0.1, 0.15) is 13.3 Å². The first kappa shape index (κ1) is 10.0. The molecule has 0 heterocycles. The van der Waals surface area contributed by atoms with Gasteiger partial charge < -0.3 is 0 Å². The molecule has 0 aromatic rings. The van der Waals surface area contributed by atoms with Crippen LogP contribution in [0, 0.1) is 0 Å². The summed E-state index contributed by atoms with van der Waals surface area (Å²) in [7, 11) is 0. The van der Waals surface area contributed by atoms with Gasteiger partial charge in [-0.1, -0.05) is 6.92 Å². The van der Waals surface area contributed by atoms with Gasteiger partial charge in [0, 0.05) is 10.2 Å². The molecule has 0 bridgehead atoms. The summed E-state index contributed by atoms with van der Waals surface area (Å²) < 4.78 is 0. The minimum Gasteiger partial charge on any atom is -0.154 e. The normalized spacial score (nSPS) is 10.0. The molecule has 0 atom stereocenters. The van der Waals surface area contributed by atoms with Crippen LogP contribution in [0.25, 0.3) is 0 Å². The SMILES string of the molecule is CCCSCSCSC. The van der Waals surface area contributed by atoms with Crippen molar-refractivity contribution in [3.8, 4) is 0 Å². The molecule has 0 nitrogen and oxygen atoms in total. The predicted octanol–water partition coefficient (Wildman–Crippen LogP) is 3.14. The van der Waals surface area contributed by atoms with Crippen molar-refractivity contribution in [2.45, 2.75) is 13.3 Å².